The first-order chi connectivity index (χ1) is 9.58. The van der Waals surface area contributed by atoms with Crippen LogP contribution >= 0.6 is 0 Å². The summed E-state index contributed by atoms with van der Waals surface area (Å²) in [4.78, 5) is 21.8. The van der Waals surface area contributed by atoms with Crippen LogP contribution < -0.4 is 5.43 Å². The fraction of sp³-hybridized carbons (Fsp3) is 0.0833. The number of nitro groups is 1. The molecule has 8 nitrogen and oxygen atoms in total. The molecule has 1 N–H and O–H groups in total. The minimum Gasteiger partial charge on any atom is -0.361 e. The van der Waals surface area contributed by atoms with Crippen molar-refractivity contribution < 1.29 is 14.2 Å². The van der Waals surface area contributed by atoms with Crippen molar-refractivity contribution in [2.75, 3.05) is 0 Å². The highest BCUT2D eigenvalue weighted by atomic mass is 16.6. The minimum absolute atomic E-state index is 0.0462. The molecule has 20 heavy (non-hydrogen) atoms. The lowest BCUT2D eigenvalue weighted by atomic mass is 10.2. The van der Waals surface area contributed by atoms with Gasteiger partial charge in [0.05, 0.1) is 17.3 Å². The molecule has 0 spiro atoms. The molecule has 1 aromatic heterocycles. The Morgan fingerprint density at radius 2 is 2.35 bits per heavy atom. The number of hydrogen-bond acceptors (Lipinski definition) is 6. The van der Waals surface area contributed by atoms with E-state index in [0.29, 0.717) is 11.3 Å². The third-order valence-corrected chi connectivity index (χ3v) is 2.46. The average Bonchev–Trinajstić information content (AvgIpc) is 2.85. The highest BCUT2D eigenvalue weighted by Crippen LogP contribution is 2.11. The first kappa shape index (κ1) is 13.4. The van der Waals surface area contributed by atoms with Gasteiger partial charge in [-0.05, 0) is 6.92 Å². The van der Waals surface area contributed by atoms with Crippen LogP contribution in [0.5, 0.6) is 0 Å². The maximum atomic E-state index is 11.7. The van der Waals surface area contributed by atoms with Crippen molar-refractivity contribution in [3.05, 3.63) is 57.5 Å². The summed E-state index contributed by atoms with van der Waals surface area (Å²) in [5, 5.41) is 17.8. The van der Waals surface area contributed by atoms with Crippen molar-refractivity contribution in [1.29, 1.82) is 0 Å². The number of nitro benzene ring substituents is 1. The van der Waals surface area contributed by atoms with Gasteiger partial charge in [-0.2, -0.15) is 5.10 Å². The molecule has 0 saturated carbocycles. The fourth-order valence-electron chi connectivity index (χ4n) is 1.46. The number of aromatic nitrogens is 1. The molecule has 0 saturated heterocycles. The van der Waals surface area contributed by atoms with Crippen molar-refractivity contribution in [2.45, 2.75) is 6.92 Å². The maximum Gasteiger partial charge on any atom is 0.276 e. The van der Waals surface area contributed by atoms with Crippen LogP contribution in [0.3, 0.4) is 0 Å². The molecular formula is C12H10N4O4. The molecule has 0 fully saturated rings. The van der Waals surface area contributed by atoms with E-state index in [1.165, 1.54) is 30.6 Å². The molecule has 2 aromatic rings. The van der Waals surface area contributed by atoms with E-state index in [1.54, 1.807) is 13.0 Å². The van der Waals surface area contributed by atoms with Crippen LogP contribution in [0, 0.1) is 17.0 Å². The molecule has 0 atom stereocenters. The number of carbonyl (C=O) groups excluding carboxylic acids is 1. The summed E-state index contributed by atoms with van der Waals surface area (Å²) in [5.41, 5.74) is 3.02. The number of hydrogen-bond donors (Lipinski definition) is 1. The molecule has 8 heteroatoms. The predicted octanol–water partition coefficient (Wildman–Crippen LogP) is 1.66. The molecule has 1 aromatic carbocycles. The van der Waals surface area contributed by atoms with Gasteiger partial charge in [0.15, 0.2) is 0 Å². The molecule has 0 aliphatic rings. The summed E-state index contributed by atoms with van der Waals surface area (Å²) in [6.45, 7) is 1.60. The van der Waals surface area contributed by atoms with E-state index >= 15 is 0 Å². The van der Waals surface area contributed by atoms with Gasteiger partial charge in [-0.25, -0.2) is 5.43 Å². The summed E-state index contributed by atoms with van der Waals surface area (Å²) in [7, 11) is 0. The second-order valence-corrected chi connectivity index (χ2v) is 3.85. The summed E-state index contributed by atoms with van der Waals surface area (Å²) >= 11 is 0. The number of nitrogens with one attached hydrogen (secondary N) is 1. The topological polar surface area (TPSA) is 111 Å². The van der Waals surface area contributed by atoms with E-state index in [9.17, 15) is 14.9 Å². The molecule has 0 bridgehead atoms. The van der Waals surface area contributed by atoms with Gasteiger partial charge in [-0.1, -0.05) is 17.3 Å². The minimum atomic E-state index is -0.504. The largest absolute Gasteiger partial charge is 0.361 e. The van der Waals surface area contributed by atoms with E-state index in [2.05, 4.69) is 15.7 Å². The molecular weight excluding hydrogens is 264 g/mol. The lowest BCUT2D eigenvalue weighted by Crippen LogP contribution is -2.17. The van der Waals surface area contributed by atoms with Crippen LogP contribution in [0.25, 0.3) is 0 Å². The van der Waals surface area contributed by atoms with Crippen LogP contribution in [0.4, 0.5) is 5.69 Å². The van der Waals surface area contributed by atoms with Crippen LogP contribution in [0.15, 0.2) is 40.1 Å². The molecule has 1 heterocycles. The first-order valence-electron chi connectivity index (χ1n) is 5.57. The molecule has 0 radical (unpaired) electrons. The Bertz CT molecular complexity index is 678. The van der Waals surface area contributed by atoms with E-state index < -0.39 is 10.8 Å². The van der Waals surface area contributed by atoms with Crippen LogP contribution in [-0.2, 0) is 0 Å². The lowest BCUT2D eigenvalue weighted by Gasteiger charge is -1.97. The Balaban J connectivity index is 2.04. The van der Waals surface area contributed by atoms with Crippen molar-refractivity contribution in [1.82, 2.24) is 10.6 Å². The Hall–Kier alpha value is -3.03. The third kappa shape index (κ3) is 3.05. The van der Waals surface area contributed by atoms with Crippen molar-refractivity contribution >= 4 is 17.8 Å². The van der Waals surface area contributed by atoms with E-state index in [1.807, 2.05) is 0 Å². The van der Waals surface area contributed by atoms with Crippen molar-refractivity contribution in [3.8, 4) is 0 Å². The summed E-state index contributed by atoms with van der Waals surface area (Å²) in [5.74, 6) is -0.0847. The zero-order valence-electron chi connectivity index (χ0n) is 10.4. The summed E-state index contributed by atoms with van der Waals surface area (Å²) in [6.07, 6.45) is 2.60. The van der Waals surface area contributed by atoms with Crippen molar-refractivity contribution in [3.63, 3.8) is 0 Å². The number of nitrogens with zero attached hydrogens (tertiary/aromatic N) is 3. The lowest BCUT2D eigenvalue weighted by molar-refractivity contribution is -0.384. The molecule has 2 rings (SSSR count). The Labute approximate surface area is 113 Å². The number of hydrazone groups is 1. The quantitative estimate of drug-likeness (QED) is 0.517. The van der Waals surface area contributed by atoms with Crippen LogP contribution in [-0.4, -0.2) is 22.2 Å². The smallest absolute Gasteiger partial charge is 0.276 e. The van der Waals surface area contributed by atoms with E-state index in [-0.39, 0.29) is 11.3 Å². The van der Waals surface area contributed by atoms with Gasteiger partial charge in [0, 0.05) is 17.7 Å². The number of rotatable bonds is 4. The number of carbonyl (C=O) groups is 1. The second-order valence-electron chi connectivity index (χ2n) is 3.85. The van der Waals surface area contributed by atoms with Gasteiger partial charge in [0.2, 0.25) is 0 Å². The van der Waals surface area contributed by atoms with Gasteiger partial charge >= 0.3 is 0 Å². The highest BCUT2D eigenvalue weighted by Gasteiger charge is 2.11. The highest BCUT2D eigenvalue weighted by molar-refractivity contribution is 5.95. The number of amides is 1. The van der Waals surface area contributed by atoms with Gasteiger partial charge < -0.3 is 4.52 Å². The van der Waals surface area contributed by atoms with E-state index in [4.69, 9.17) is 4.52 Å². The normalized spacial score (nSPS) is 10.7. The predicted molar refractivity (Wildman–Crippen MR) is 69.4 cm³/mol. The monoisotopic (exact) mass is 274 g/mol. The standard InChI is InChI=1S/C12H10N4O4/c1-8-11(7-14-20-8)12(17)15-13-6-9-3-2-4-10(5-9)16(18)19/h2-7H,1H3,(H,15,17)/b13-6+. The SMILES string of the molecule is Cc1oncc1C(=O)N/N=C/c1cccc([N+](=O)[O-])c1. The Kier molecular flexibility index (Phi) is 3.85. The van der Waals surface area contributed by atoms with Gasteiger partial charge in [0.1, 0.15) is 11.3 Å². The number of aryl methyl sites for hydroxylation is 1. The third-order valence-electron chi connectivity index (χ3n) is 2.46. The fourth-order valence-corrected chi connectivity index (χ4v) is 1.46. The van der Waals surface area contributed by atoms with E-state index in [0.717, 1.165) is 0 Å². The van der Waals surface area contributed by atoms with Gasteiger partial charge in [-0.15, -0.1) is 0 Å². The first-order valence-corrected chi connectivity index (χ1v) is 5.57. The molecule has 0 aliphatic carbocycles. The Morgan fingerprint density at radius 3 is 3.00 bits per heavy atom. The maximum absolute atomic E-state index is 11.7. The zero-order chi connectivity index (χ0) is 14.5. The van der Waals surface area contributed by atoms with Gasteiger partial charge in [0.25, 0.3) is 11.6 Å². The van der Waals surface area contributed by atoms with Crippen molar-refractivity contribution in [2.24, 2.45) is 5.10 Å². The van der Waals surface area contributed by atoms with Gasteiger partial charge in [-0.3, -0.25) is 14.9 Å². The Morgan fingerprint density at radius 1 is 1.55 bits per heavy atom. The van der Waals surface area contributed by atoms with Crippen LogP contribution in [0.2, 0.25) is 0 Å². The summed E-state index contributed by atoms with van der Waals surface area (Å²) in [6, 6.07) is 5.88. The molecule has 1 amide bonds. The molecule has 0 aliphatic heterocycles. The molecule has 102 valence electrons. The number of non-ortho nitro benzene ring substituents is 1. The number of benzene rings is 1. The van der Waals surface area contributed by atoms with Crippen LogP contribution in [0.1, 0.15) is 21.7 Å². The summed E-state index contributed by atoms with van der Waals surface area (Å²) < 4.78 is 4.75. The average molecular weight is 274 g/mol. The second kappa shape index (κ2) is 5.74. The molecule has 0 unspecified atom stereocenters. The zero-order valence-corrected chi connectivity index (χ0v) is 10.4.